The van der Waals surface area contributed by atoms with Crippen molar-refractivity contribution in [3.8, 4) is 0 Å². The molecule has 21 heavy (non-hydrogen) atoms. The zero-order chi connectivity index (χ0) is 15.6. The van der Waals surface area contributed by atoms with E-state index in [2.05, 4.69) is 52.5 Å². The number of sulfonamides is 1. The summed E-state index contributed by atoms with van der Waals surface area (Å²) in [6.07, 6.45) is 0. The maximum absolute atomic E-state index is 12.5. The van der Waals surface area contributed by atoms with Crippen LogP contribution in [-0.2, 0) is 16.6 Å². The lowest BCUT2D eigenvalue weighted by Gasteiger charge is -2.12. The molecule has 112 valence electrons. The molecule has 0 aliphatic heterocycles. The van der Waals surface area contributed by atoms with E-state index in [1.54, 1.807) is 24.3 Å². The van der Waals surface area contributed by atoms with Gasteiger partial charge < -0.3 is 5.73 Å². The smallest absolute Gasteiger partial charge is 0.263 e. The summed E-state index contributed by atoms with van der Waals surface area (Å²) in [4.78, 5) is 0.159. The minimum absolute atomic E-state index is 0.159. The van der Waals surface area contributed by atoms with Crippen molar-refractivity contribution < 1.29 is 8.42 Å². The summed E-state index contributed by atoms with van der Waals surface area (Å²) in [7, 11) is -3.70. The highest BCUT2D eigenvalue weighted by atomic mass is 79.9. The third-order valence-corrected chi connectivity index (χ3v) is 6.22. The zero-order valence-electron chi connectivity index (χ0n) is 10.6. The van der Waals surface area contributed by atoms with Gasteiger partial charge in [0.1, 0.15) is 4.90 Å². The van der Waals surface area contributed by atoms with Gasteiger partial charge in [-0.1, -0.05) is 22.0 Å². The second-order valence-electron chi connectivity index (χ2n) is 4.20. The number of benzene rings is 2. The predicted molar refractivity (Wildman–Crippen MR) is 94.7 cm³/mol. The quantitative estimate of drug-likeness (QED) is 0.662. The number of hydrogen-bond acceptors (Lipinski definition) is 3. The van der Waals surface area contributed by atoms with Crippen LogP contribution in [0.2, 0.25) is 0 Å². The van der Waals surface area contributed by atoms with Crippen LogP contribution in [0.1, 0.15) is 5.56 Å². The molecule has 2 rings (SSSR count). The monoisotopic (exact) mass is 496 g/mol. The van der Waals surface area contributed by atoms with Gasteiger partial charge in [-0.2, -0.15) is 0 Å². The Labute approximate surface area is 148 Å². The number of hydrogen-bond donors (Lipinski definition) is 2. The van der Waals surface area contributed by atoms with Crippen LogP contribution >= 0.6 is 47.8 Å². The Morgan fingerprint density at radius 3 is 2.33 bits per heavy atom. The minimum Gasteiger partial charge on any atom is -0.326 e. The number of nitrogens with one attached hydrogen (secondary N) is 1. The van der Waals surface area contributed by atoms with E-state index >= 15 is 0 Å². The molecule has 0 unspecified atom stereocenters. The summed E-state index contributed by atoms with van der Waals surface area (Å²) < 4.78 is 29.4. The molecule has 0 saturated carbocycles. The van der Waals surface area contributed by atoms with Crippen molar-refractivity contribution in [2.75, 3.05) is 4.72 Å². The van der Waals surface area contributed by atoms with Gasteiger partial charge in [-0.05, 0) is 67.8 Å². The summed E-state index contributed by atoms with van der Waals surface area (Å²) in [5.41, 5.74) is 6.85. The second kappa shape index (κ2) is 6.78. The predicted octanol–water partition coefficient (Wildman–Crippen LogP) is 4.23. The molecule has 0 bridgehead atoms. The molecule has 0 aromatic heterocycles. The molecule has 0 amide bonds. The Bertz CT molecular complexity index is 779. The van der Waals surface area contributed by atoms with Crippen molar-refractivity contribution in [3.05, 3.63) is 55.4 Å². The van der Waals surface area contributed by atoms with E-state index in [1.165, 1.54) is 6.07 Å². The van der Waals surface area contributed by atoms with Gasteiger partial charge in [0, 0.05) is 20.0 Å². The third kappa shape index (κ3) is 4.07. The van der Waals surface area contributed by atoms with Crippen LogP contribution in [0.15, 0.2) is 54.7 Å². The van der Waals surface area contributed by atoms with Gasteiger partial charge in [0.2, 0.25) is 0 Å². The Hall–Kier alpha value is -0.410. The Morgan fingerprint density at radius 1 is 1.00 bits per heavy atom. The molecule has 2 aromatic carbocycles. The number of anilines is 1. The van der Waals surface area contributed by atoms with Crippen LogP contribution in [0.25, 0.3) is 0 Å². The van der Waals surface area contributed by atoms with Crippen LogP contribution in [0.5, 0.6) is 0 Å². The first kappa shape index (κ1) is 17.0. The molecule has 2 aromatic rings. The fourth-order valence-electron chi connectivity index (χ4n) is 1.66. The van der Waals surface area contributed by atoms with Crippen molar-refractivity contribution in [2.45, 2.75) is 11.4 Å². The largest absolute Gasteiger partial charge is 0.326 e. The van der Waals surface area contributed by atoms with Gasteiger partial charge in [0.25, 0.3) is 10.0 Å². The maximum atomic E-state index is 12.5. The van der Waals surface area contributed by atoms with E-state index in [0.29, 0.717) is 21.2 Å². The summed E-state index contributed by atoms with van der Waals surface area (Å²) in [5.74, 6) is 0. The molecular formula is C13H11Br3N2O2S. The van der Waals surface area contributed by atoms with Gasteiger partial charge in [-0.3, -0.25) is 4.72 Å². The first-order valence-electron chi connectivity index (χ1n) is 5.80. The van der Waals surface area contributed by atoms with Crippen LogP contribution in [0, 0.1) is 0 Å². The van der Waals surface area contributed by atoms with E-state index in [1.807, 2.05) is 6.07 Å². The lowest BCUT2D eigenvalue weighted by Crippen LogP contribution is -2.14. The van der Waals surface area contributed by atoms with Crippen LogP contribution in [0.3, 0.4) is 0 Å². The Kier molecular flexibility index (Phi) is 5.48. The molecule has 0 aliphatic rings. The van der Waals surface area contributed by atoms with E-state index < -0.39 is 10.0 Å². The van der Waals surface area contributed by atoms with Gasteiger partial charge in [-0.15, -0.1) is 0 Å². The topological polar surface area (TPSA) is 72.2 Å². The molecule has 0 atom stereocenters. The van der Waals surface area contributed by atoms with Crippen LogP contribution in [0.4, 0.5) is 5.69 Å². The first-order chi connectivity index (χ1) is 9.83. The minimum atomic E-state index is -3.70. The Balaban J connectivity index is 2.41. The maximum Gasteiger partial charge on any atom is 0.263 e. The van der Waals surface area contributed by atoms with Crippen molar-refractivity contribution in [2.24, 2.45) is 5.73 Å². The normalized spacial score (nSPS) is 11.4. The molecule has 4 nitrogen and oxygen atoms in total. The van der Waals surface area contributed by atoms with Gasteiger partial charge in [0.05, 0.1) is 5.69 Å². The number of halogens is 3. The number of rotatable bonds is 4. The highest BCUT2D eigenvalue weighted by Crippen LogP contribution is 2.30. The molecule has 8 heteroatoms. The standard InChI is InChI=1S/C13H11Br3N2O2S/c14-9-2-3-10(15)12(6-9)18-21(19,20)13-4-1-8(7-17)5-11(13)16/h1-6,18H,7,17H2. The molecule has 0 aliphatic carbocycles. The van der Waals surface area contributed by atoms with Crippen LogP contribution in [-0.4, -0.2) is 8.42 Å². The SMILES string of the molecule is NCc1ccc(S(=O)(=O)Nc2cc(Br)ccc2Br)c(Br)c1. The summed E-state index contributed by atoms with van der Waals surface area (Å²) in [6, 6.07) is 10.2. The van der Waals surface area contributed by atoms with Gasteiger partial charge in [0.15, 0.2) is 0 Å². The van der Waals surface area contributed by atoms with Crippen molar-refractivity contribution in [3.63, 3.8) is 0 Å². The average Bonchev–Trinajstić information content (AvgIpc) is 2.42. The Morgan fingerprint density at radius 2 is 1.71 bits per heavy atom. The third-order valence-electron chi connectivity index (χ3n) is 2.69. The van der Waals surface area contributed by atoms with Crippen molar-refractivity contribution in [1.29, 1.82) is 0 Å². The fraction of sp³-hybridized carbons (Fsp3) is 0.0769. The molecular weight excluding hydrogens is 488 g/mol. The zero-order valence-corrected chi connectivity index (χ0v) is 16.2. The fourth-order valence-corrected chi connectivity index (χ4v) is 4.70. The average molecular weight is 499 g/mol. The van der Waals surface area contributed by atoms with Gasteiger partial charge in [-0.25, -0.2) is 8.42 Å². The molecule has 0 radical (unpaired) electrons. The summed E-state index contributed by atoms with van der Waals surface area (Å²) in [5, 5.41) is 0. The summed E-state index contributed by atoms with van der Waals surface area (Å²) in [6.45, 7) is 0.351. The molecule has 0 heterocycles. The van der Waals surface area contributed by atoms with E-state index in [0.717, 1.165) is 10.0 Å². The van der Waals surface area contributed by atoms with Gasteiger partial charge >= 0.3 is 0 Å². The molecule has 0 fully saturated rings. The van der Waals surface area contributed by atoms with E-state index in [9.17, 15) is 8.42 Å². The molecule has 3 N–H and O–H groups in total. The van der Waals surface area contributed by atoms with E-state index in [4.69, 9.17) is 5.73 Å². The summed E-state index contributed by atoms with van der Waals surface area (Å²) >= 11 is 9.91. The highest BCUT2D eigenvalue weighted by Gasteiger charge is 2.19. The molecule has 0 spiro atoms. The first-order valence-corrected chi connectivity index (χ1v) is 9.66. The second-order valence-corrected chi connectivity index (χ2v) is 8.47. The van der Waals surface area contributed by atoms with Crippen LogP contribution < -0.4 is 10.5 Å². The lowest BCUT2D eigenvalue weighted by atomic mass is 10.2. The van der Waals surface area contributed by atoms with Crippen molar-refractivity contribution in [1.82, 2.24) is 0 Å². The molecule has 0 saturated heterocycles. The number of nitrogens with two attached hydrogens (primary N) is 1. The lowest BCUT2D eigenvalue weighted by molar-refractivity contribution is 0.600. The van der Waals surface area contributed by atoms with E-state index in [-0.39, 0.29) is 4.90 Å². The highest BCUT2D eigenvalue weighted by molar-refractivity contribution is 9.11. The van der Waals surface area contributed by atoms with Crippen molar-refractivity contribution >= 4 is 63.5 Å².